The number of amides is 1. The maximum absolute atomic E-state index is 12.2. The molecule has 0 bridgehead atoms. The summed E-state index contributed by atoms with van der Waals surface area (Å²) in [6, 6.07) is 7.22. The molecule has 2 N–H and O–H groups in total. The van der Waals surface area contributed by atoms with E-state index < -0.39 is 0 Å². The summed E-state index contributed by atoms with van der Waals surface area (Å²) >= 11 is 6.09. The molecule has 0 atom stereocenters. The molecular weight excluding hydrogens is 262 g/mol. The molecule has 98 valence electrons. The number of pyridine rings is 1. The summed E-state index contributed by atoms with van der Waals surface area (Å²) < 4.78 is 0. The minimum Gasteiger partial charge on any atom is -0.387 e. The molecule has 0 fully saturated rings. The summed E-state index contributed by atoms with van der Waals surface area (Å²) in [4.78, 5) is 16.2. The number of nitrogens with one attached hydrogen (secondary N) is 2. The van der Waals surface area contributed by atoms with Crippen LogP contribution in [0.2, 0.25) is 5.02 Å². The predicted octanol–water partition coefficient (Wildman–Crippen LogP) is 3.34. The first-order chi connectivity index (χ1) is 9.13. The largest absolute Gasteiger partial charge is 0.387 e. The molecule has 0 spiro atoms. The van der Waals surface area contributed by atoms with Crippen LogP contribution in [-0.4, -0.2) is 17.9 Å². The van der Waals surface area contributed by atoms with Crippen molar-refractivity contribution in [2.24, 2.45) is 0 Å². The third-order valence-electron chi connectivity index (χ3n) is 2.80. The van der Waals surface area contributed by atoms with Crippen molar-refractivity contribution in [3.05, 3.63) is 52.8 Å². The molecule has 0 radical (unpaired) electrons. The van der Waals surface area contributed by atoms with Gasteiger partial charge in [-0.05, 0) is 24.6 Å². The van der Waals surface area contributed by atoms with Gasteiger partial charge in [0, 0.05) is 25.1 Å². The molecule has 1 aromatic heterocycles. The van der Waals surface area contributed by atoms with Crippen LogP contribution in [0.4, 0.5) is 11.4 Å². The predicted molar refractivity (Wildman–Crippen MR) is 77.9 cm³/mol. The van der Waals surface area contributed by atoms with E-state index >= 15 is 0 Å². The average molecular weight is 276 g/mol. The summed E-state index contributed by atoms with van der Waals surface area (Å²) in [7, 11) is 1.76. The van der Waals surface area contributed by atoms with Gasteiger partial charge in [-0.25, -0.2) is 0 Å². The Morgan fingerprint density at radius 3 is 2.79 bits per heavy atom. The van der Waals surface area contributed by atoms with Crippen LogP contribution < -0.4 is 10.6 Å². The van der Waals surface area contributed by atoms with E-state index in [1.54, 1.807) is 25.4 Å². The van der Waals surface area contributed by atoms with Gasteiger partial charge in [-0.3, -0.25) is 9.78 Å². The first-order valence-electron chi connectivity index (χ1n) is 5.81. The van der Waals surface area contributed by atoms with E-state index in [1.165, 1.54) is 6.20 Å². The van der Waals surface area contributed by atoms with E-state index in [1.807, 2.05) is 19.1 Å². The molecule has 0 saturated carbocycles. The number of aryl methyl sites for hydroxylation is 1. The lowest BCUT2D eigenvalue weighted by molar-refractivity contribution is 0.102. The van der Waals surface area contributed by atoms with E-state index in [0.717, 1.165) is 11.3 Å². The minimum atomic E-state index is -0.242. The Bertz CT molecular complexity index is 593. The van der Waals surface area contributed by atoms with Gasteiger partial charge in [-0.15, -0.1) is 0 Å². The van der Waals surface area contributed by atoms with Gasteiger partial charge in [0.05, 0.1) is 16.3 Å². The van der Waals surface area contributed by atoms with Gasteiger partial charge in [0.2, 0.25) is 0 Å². The second kappa shape index (κ2) is 5.71. The van der Waals surface area contributed by atoms with E-state index in [2.05, 4.69) is 15.6 Å². The van der Waals surface area contributed by atoms with Crippen LogP contribution in [-0.2, 0) is 0 Å². The van der Waals surface area contributed by atoms with Gasteiger partial charge in [0.25, 0.3) is 5.91 Å². The molecule has 0 saturated heterocycles. The average Bonchev–Trinajstić information content (AvgIpc) is 2.42. The van der Waals surface area contributed by atoms with E-state index in [4.69, 9.17) is 11.6 Å². The second-order valence-electron chi connectivity index (χ2n) is 4.06. The third-order valence-corrected chi connectivity index (χ3v) is 3.11. The van der Waals surface area contributed by atoms with Crippen LogP contribution in [0.15, 0.2) is 36.7 Å². The molecule has 0 aliphatic carbocycles. The fourth-order valence-electron chi connectivity index (χ4n) is 1.76. The molecule has 0 aliphatic heterocycles. The van der Waals surface area contributed by atoms with Gasteiger partial charge < -0.3 is 10.6 Å². The van der Waals surface area contributed by atoms with Gasteiger partial charge in [-0.1, -0.05) is 23.7 Å². The van der Waals surface area contributed by atoms with Crippen LogP contribution in [0.25, 0.3) is 0 Å². The minimum absolute atomic E-state index is 0.242. The molecular formula is C14H14ClN3O. The van der Waals surface area contributed by atoms with E-state index in [0.29, 0.717) is 16.3 Å². The molecule has 1 aromatic carbocycles. The highest BCUT2D eigenvalue weighted by molar-refractivity contribution is 6.34. The number of para-hydroxylation sites is 1. The zero-order valence-electron chi connectivity index (χ0n) is 10.7. The maximum atomic E-state index is 12.2. The van der Waals surface area contributed by atoms with E-state index in [9.17, 15) is 4.79 Å². The smallest absolute Gasteiger partial charge is 0.259 e. The van der Waals surface area contributed by atoms with Crippen molar-refractivity contribution < 1.29 is 4.79 Å². The molecule has 2 rings (SSSR count). The molecule has 4 nitrogen and oxygen atoms in total. The zero-order valence-corrected chi connectivity index (χ0v) is 11.5. The van der Waals surface area contributed by atoms with Gasteiger partial charge >= 0.3 is 0 Å². The maximum Gasteiger partial charge on any atom is 0.259 e. The molecule has 1 amide bonds. The van der Waals surface area contributed by atoms with Crippen LogP contribution >= 0.6 is 11.6 Å². The fraction of sp³-hybridized carbons (Fsp3) is 0.143. The molecule has 5 heteroatoms. The van der Waals surface area contributed by atoms with Crippen molar-refractivity contribution in [2.75, 3.05) is 17.7 Å². The summed E-state index contributed by atoms with van der Waals surface area (Å²) in [5.74, 6) is -0.242. The Labute approximate surface area is 116 Å². The van der Waals surface area contributed by atoms with Crippen LogP contribution in [0.3, 0.4) is 0 Å². The summed E-state index contributed by atoms with van der Waals surface area (Å²) in [6.45, 7) is 1.89. The van der Waals surface area contributed by atoms with Crippen molar-refractivity contribution in [1.29, 1.82) is 0 Å². The van der Waals surface area contributed by atoms with Crippen LogP contribution in [0, 0.1) is 6.92 Å². The Hall–Kier alpha value is -2.07. The van der Waals surface area contributed by atoms with Gasteiger partial charge in [-0.2, -0.15) is 0 Å². The number of carbonyl (C=O) groups excluding carboxylic acids is 1. The Morgan fingerprint density at radius 1 is 1.32 bits per heavy atom. The Balaban J connectivity index is 2.31. The number of rotatable bonds is 3. The van der Waals surface area contributed by atoms with E-state index in [-0.39, 0.29) is 5.91 Å². The molecule has 0 aliphatic rings. The Morgan fingerprint density at radius 2 is 2.11 bits per heavy atom. The number of hydrogen-bond donors (Lipinski definition) is 2. The van der Waals surface area contributed by atoms with Crippen molar-refractivity contribution in [3.8, 4) is 0 Å². The number of hydrogen-bond acceptors (Lipinski definition) is 3. The fourth-order valence-corrected chi connectivity index (χ4v) is 2.03. The quantitative estimate of drug-likeness (QED) is 0.903. The number of benzene rings is 1. The monoisotopic (exact) mass is 275 g/mol. The number of anilines is 2. The summed E-state index contributed by atoms with van der Waals surface area (Å²) in [5, 5.41) is 6.29. The lowest BCUT2D eigenvalue weighted by atomic mass is 10.1. The standard InChI is InChI=1S/C14H14ClN3O/c1-9-4-3-5-11(15)13(9)18-14(19)10-8-17-7-6-12(10)16-2/h3-8H,1-2H3,(H,16,17)(H,18,19). The second-order valence-corrected chi connectivity index (χ2v) is 4.46. The molecule has 0 unspecified atom stereocenters. The van der Waals surface area contributed by atoms with Gasteiger partial charge in [0.1, 0.15) is 0 Å². The molecule has 19 heavy (non-hydrogen) atoms. The van der Waals surface area contributed by atoms with Gasteiger partial charge in [0.15, 0.2) is 0 Å². The van der Waals surface area contributed by atoms with Crippen molar-refractivity contribution in [1.82, 2.24) is 4.98 Å². The topological polar surface area (TPSA) is 54.0 Å². The highest BCUT2D eigenvalue weighted by Gasteiger charge is 2.13. The lowest BCUT2D eigenvalue weighted by Crippen LogP contribution is -2.15. The number of carbonyl (C=O) groups is 1. The number of nitrogens with zero attached hydrogens (tertiary/aromatic N) is 1. The Kier molecular flexibility index (Phi) is 4.02. The highest BCUT2D eigenvalue weighted by atomic mass is 35.5. The summed E-state index contributed by atoms with van der Waals surface area (Å²) in [5.41, 5.74) is 2.73. The van der Waals surface area contributed by atoms with Crippen LogP contribution in [0.1, 0.15) is 15.9 Å². The molecule has 2 aromatic rings. The number of aromatic nitrogens is 1. The zero-order chi connectivity index (χ0) is 13.8. The highest BCUT2D eigenvalue weighted by Crippen LogP contribution is 2.26. The van der Waals surface area contributed by atoms with Crippen molar-refractivity contribution in [3.63, 3.8) is 0 Å². The number of halogens is 1. The first-order valence-corrected chi connectivity index (χ1v) is 6.19. The normalized spacial score (nSPS) is 10.1. The third kappa shape index (κ3) is 2.85. The summed E-state index contributed by atoms with van der Waals surface area (Å²) in [6.07, 6.45) is 3.15. The SMILES string of the molecule is CNc1ccncc1C(=O)Nc1c(C)cccc1Cl. The van der Waals surface area contributed by atoms with Crippen molar-refractivity contribution in [2.45, 2.75) is 6.92 Å². The van der Waals surface area contributed by atoms with Crippen LogP contribution in [0.5, 0.6) is 0 Å². The molecule has 1 heterocycles. The van der Waals surface area contributed by atoms with Crippen molar-refractivity contribution >= 4 is 28.9 Å². The first kappa shape index (κ1) is 13.4. The lowest BCUT2D eigenvalue weighted by Gasteiger charge is -2.12.